The number of aryl methyl sites for hydroxylation is 1. The number of aromatic nitrogens is 2. The fraction of sp³-hybridized carbons (Fsp3) is 0.158. The number of halogens is 4. The summed E-state index contributed by atoms with van der Waals surface area (Å²) in [5.74, 6) is 0.261. The zero-order chi connectivity index (χ0) is 20.3. The molecule has 0 aliphatic rings. The molecule has 0 radical (unpaired) electrons. The van der Waals surface area contributed by atoms with E-state index in [1.807, 2.05) is 31.2 Å². The molecule has 5 nitrogen and oxygen atoms in total. The molecule has 28 heavy (non-hydrogen) atoms. The maximum atomic E-state index is 12.8. The zero-order valence-corrected chi connectivity index (χ0v) is 16.3. The highest BCUT2D eigenvalue weighted by molar-refractivity contribution is 9.10. The Morgan fingerprint density at radius 1 is 1.14 bits per heavy atom. The van der Waals surface area contributed by atoms with Gasteiger partial charge in [-0.3, -0.25) is 10.00 Å². The Kier molecular flexibility index (Phi) is 5.73. The Morgan fingerprint density at radius 3 is 2.54 bits per heavy atom. The van der Waals surface area contributed by atoms with E-state index in [1.165, 1.54) is 12.1 Å². The highest BCUT2D eigenvalue weighted by Gasteiger charge is 2.30. The summed E-state index contributed by atoms with van der Waals surface area (Å²) in [6.07, 6.45) is -2.77. The molecule has 1 aromatic heterocycles. The smallest absolute Gasteiger partial charge is 0.308 e. The summed E-state index contributed by atoms with van der Waals surface area (Å²) in [4.78, 5) is 12.1. The van der Waals surface area contributed by atoms with Gasteiger partial charge < -0.3 is 5.32 Å². The summed E-state index contributed by atoms with van der Waals surface area (Å²) in [5.41, 5.74) is 1.39. The van der Waals surface area contributed by atoms with Crippen LogP contribution in [0.2, 0.25) is 0 Å². The van der Waals surface area contributed by atoms with Crippen molar-refractivity contribution in [2.45, 2.75) is 19.6 Å². The number of urea groups is 1. The Balaban J connectivity index is 1.66. The lowest BCUT2D eigenvalue weighted by atomic mass is 10.1. The van der Waals surface area contributed by atoms with E-state index >= 15 is 0 Å². The van der Waals surface area contributed by atoms with Gasteiger partial charge in [-0.1, -0.05) is 35.9 Å². The van der Waals surface area contributed by atoms with Crippen molar-refractivity contribution in [1.29, 1.82) is 0 Å². The van der Waals surface area contributed by atoms with E-state index < -0.39 is 17.8 Å². The second-order valence-electron chi connectivity index (χ2n) is 6.17. The molecular weight excluding hydrogens is 437 g/mol. The maximum absolute atomic E-state index is 12.8. The van der Waals surface area contributed by atoms with Crippen molar-refractivity contribution in [2.75, 3.05) is 10.6 Å². The van der Waals surface area contributed by atoms with Crippen LogP contribution in [0, 0.1) is 6.92 Å². The number of nitrogens with one attached hydrogen (secondary N) is 2. The Labute approximate surface area is 167 Å². The van der Waals surface area contributed by atoms with Gasteiger partial charge in [-0.15, -0.1) is 0 Å². The lowest BCUT2D eigenvalue weighted by molar-refractivity contribution is -0.137. The van der Waals surface area contributed by atoms with E-state index in [4.69, 9.17) is 0 Å². The third kappa shape index (κ3) is 5.13. The largest absolute Gasteiger partial charge is 0.416 e. The van der Waals surface area contributed by atoms with Crippen LogP contribution in [0.3, 0.4) is 0 Å². The minimum Gasteiger partial charge on any atom is -0.308 e. The number of amides is 2. The summed E-state index contributed by atoms with van der Waals surface area (Å²) in [6, 6.07) is 11.7. The van der Waals surface area contributed by atoms with Gasteiger partial charge in [0, 0.05) is 11.9 Å². The highest BCUT2D eigenvalue weighted by Crippen LogP contribution is 2.30. The number of anilines is 2. The van der Waals surface area contributed by atoms with Gasteiger partial charge >= 0.3 is 12.2 Å². The lowest BCUT2D eigenvalue weighted by Crippen LogP contribution is -2.20. The van der Waals surface area contributed by atoms with Crippen LogP contribution in [0.5, 0.6) is 0 Å². The fourth-order valence-electron chi connectivity index (χ4n) is 2.49. The molecule has 0 fully saturated rings. The second kappa shape index (κ2) is 8.05. The van der Waals surface area contributed by atoms with E-state index in [9.17, 15) is 18.0 Å². The van der Waals surface area contributed by atoms with Crippen LogP contribution in [-0.4, -0.2) is 15.8 Å². The van der Waals surface area contributed by atoms with E-state index in [0.717, 1.165) is 23.3 Å². The van der Waals surface area contributed by atoms with Crippen molar-refractivity contribution in [3.05, 3.63) is 75.9 Å². The predicted molar refractivity (Wildman–Crippen MR) is 104 cm³/mol. The Bertz CT molecular complexity index is 984. The average Bonchev–Trinajstić information content (AvgIpc) is 2.95. The molecular formula is C19H16BrF3N4O. The van der Waals surface area contributed by atoms with Crippen LogP contribution < -0.4 is 10.6 Å². The van der Waals surface area contributed by atoms with Gasteiger partial charge in [0.25, 0.3) is 0 Å². The number of hydrogen-bond donors (Lipinski definition) is 2. The van der Waals surface area contributed by atoms with Crippen molar-refractivity contribution in [1.82, 2.24) is 9.78 Å². The van der Waals surface area contributed by atoms with Crippen molar-refractivity contribution < 1.29 is 18.0 Å². The SMILES string of the molecule is Cc1ccc(Cn2cc(Br)c(NC(=O)Nc3cccc(C(F)(F)F)c3)n2)cc1. The van der Waals surface area contributed by atoms with E-state index in [0.29, 0.717) is 11.0 Å². The normalized spacial score (nSPS) is 11.3. The van der Waals surface area contributed by atoms with Gasteiger partial charge in [-0.25, -0.2) is 4.79 Å². The summed E-state index contributed by atoms with van der Waals surface area (Å²) in [7, 11) is 0. The number of hydrogen-bond acceptors (Lipinski definition) is 2. The highest BCUT2D eigenvalue weighted by atomic mass is 79.9. The fourth-order valence-corrected chi connectivity index (χ4v) is 2.90. The maximum Gasteiger partial charge on any atom is 0.416 e. The minimum atomic E-state index is -4.48. The molecule has 9 heteroatoms. The molecule has 146 valence electrons. The molecule has 0 unspecified atom stereocenters. The Hall–Kier alpha value is -2.81. The molecule has 0 aliphatic heterocycles. The molecule has 0 atom stereocenters. The molecule has 0 saturated carbocycles. The number of rotatable bonds is 4. The second-order valence-corrected chi connectivity index (χ2v) is 7.02. The summed E-state index contributed by atoms with van der Waals surface area (Å²) in [5, 5.41) is 9.18. The van der Waals surface area contributed by atoms with E-state index in [-0.39, 0.29) is 11.5 Å². The minimum absolute atomic E-state index is 0.0301. The number of nitrogens with zero attached hydrogens (tertiary/aromatic N) is 2. The lowest BCUT2D eigenvalue weighted by Gasteiger charge is -2.10. The van der Waals surface area contributed by atoms with Crippen molar-refractivity contribution in [3.63, 3.8) is 0 Å². The molecule has 2 amide bonds. The van der Waals surface area contributed by atoms with Gasteiger partial charge in [-0.05, 0) is 46.6 Å². The number of alkyl halides is 3. The first-order chi connectivity index (χ1) is 13.2. The molecule has 0 bridgehead atoms. The van der Waals surface area contributed by atoms with Crippen LogP contribution in [0.4, 0.5) is 29.5 Å². The quantitative estimate of drug-likeness (QED) is 0.535. The van der Waals surface area contributed by atoms with Crippen LogP contribution in [-0.2, 0) is 12.7 Å². The standard InChI is InChI=1S/C19H16BrF3N4O/c1-12-5-7-13(8-6-12)10-27-11-16(20)17(26-27)25-18(28)24-15-4-2-3-14(9-15)19(21,22)23/h2-9,11H,10H2,1H3,(H2,24,25,26,28). The Morgan fingerprint density at radius 2 is 1.86 bits per heavy atom. The monoisotopic (exact) mass is 452 g/mol. The van der Waals surface area contributed by atoms with E-state index in [1.54, 1.807) is 10.9 Å². The molecule has 1 heterocycles. The first kappa shape index (κ1) is 19.9. The molecule has 0 saturated heterocycles. The number of benzene rings is 2. The topological polar surface area (TPSA) is 59.0 Å². The predicted octanol–water partition coefficient (Wildman–Crippen LogP) is 5.67. The van der Waals surface area contributed by atoms with Crippen LogP contribution in [0.1, 0.15) is 16.7 Å². The van der Waals surface area contributed by atoms with Crippen molar-refractivity contribution in [3.8, 4) is 0 Å². The molecule has 3 aromatic rings. The van der Waals surface area contributed by atoms with E-state index in [2.05, 4.69) is 31.7 Å². The molecule has 0 aliphatic carbocycles. The number of carbonyl (C=O) groups excluding carboxylic acids is 1. The first-order valence-corrected chi connectivity index (χ1v) is 9.04. The molecule has 3 rings (SSSR count). The number of carbonyl (C=O) groups is 1. The first-order valence-electron chi connectivity index (χ1n) is 8.24. The van der Waals surface area contributed by atoms with Gasteiger partial charge in [-0.2, -0.15) is 18.3 Å². The third-order valence-electron chi connectivity index (χ3n) is 3.86. The van der Waals surface area contributed by atoms with Crippen LogP contribution in [0.25, 0.3) is 0 Å². The van der Waals surface area contributed by atoms with Gasteiger partial charge in [0.05, 0.1) is 16.6 Å². The zero-order valence-electron chi connectivity index (χ0n) is 14.7. The van der Waals surface area contributed by atoms with Gasteiger partial charge in [0.15, 0.2) is 5.82 Å². The third-order valence-corrected chi connectivity index (χ3v) is 4.44. The molecule has 2 N–H and O–H groups in total. The van der Waals surface area contributed by atoms with Gasteiger partial charge in [0.2, 0.25) is 0 Å². The average molecular weight is 453 g/mol. The molecule has 0 spiro atoms. The van der Waals surface area contributed by atoms with Crippen molar-refractivity contribution in [2.24, 2.45) is 0 Å². The van der Waals surface area contributed by atoms with Gasteiger partial charge in [0.1, 0.15) is 0 Å². The van der Waals surface area contributed by atoms with Crippen LogP contribution >= 0.6 is 15.9 Å². The summed E-state index contributed by atoms with van der Waals surface area (Å²) < 4.78 is 40.5. The van der Waals surface area contributed by atoms with Crippen LogP contribution in [0.15, 0.2) is 59.2 Å². The van der Waals surface area contributed by atoms with Crippen molar-refractivity contribution >= 4 is 33.5 Å². The summed E-state index contributed by atoms with van der Waals surface area (Å²) >= 11 is 3.32. The summed E-state index contributed by atoms with van der Waals surface area (Å²) in [6.45, 7) is 2.51. The molecule has 2 aromatic carbocycles.